The van der Waals surface area contributed by atoms with Crippen LogP contribution in [0.3, 0.4) is 0 Å². The molecule has 1 aromatic carbocycles. The summed E-state index contributed by atoms with van der Waals surface area (Å²) in [6.45, 7) is 2.29. The maximum Gasteiger partial charge on any atom is 0.0497 e. The molecule has 0 aromatic heterocycles. The van der Waals surface area contributed by atoms with E-state index in [1.165, 1.54) is 24.0 Å². The summed E-state index contributed by atoms with van der Waals surface area (Å²) in [6, 6.07) is 8.71. The molecule has 0 saturated heterocycles. The van der Waals surface area contributed by atoms with E-state index in [9.17, 15) is 0 Å². The van der Waals surface area contributed by atoms with Gasteiger partial charge in [0.25, 0.3) is 0 Å². The molecule has 2 rings (SSSR count). The number of benzene rings is 1. The molecule has 0 amide bonds. The van der Waals surface area contributed by atoms with Crippen molar-refractivity contribution in [2.75, 3.05) is 6.61 Å². The molecule has 1 N–H and O–H groups in total. The summed E-state index contributed by atoms with van der Waals surface area (Å²) < 4.78 is 0. The molecule has 0 heterocycles. The molecule has 1 heteroatoms. The molecule has 1 aliphatic rings. The smallest absolute Gasteiger partial charge is 0.0497 e. The van der Waals surface area contributed by atoms with Crippen molar-refractivity contribution < 1.29 is 5.11 Å². The second-order valence-electron chi connectivity index (χ2n) is 4.02. The van der Waals surface area contributed by atoms with Gasteiger partial charge in [-0.1, -0.05) is 31.2 Å². The summed E-state index contributed by atoms with van der Waals surface area (Å²) in [5, 5.41) is 8.98. The van der Waals surface area contributed by atoms with Crippen molar-refractivity contribution in [1.82, 2.24) is 0 Å². The van der Waals surface area contributed by atoms with Crippen LogP contribution in [-0.4, -0.2) is 11.7 Å². The Hall–Kier alpha value is -0.820. The SMILES string of the molecule is CC(CO)c1ccc(C2CC2)cc1. The van der Waals surface area contributed by atoms with Crippen LogP contribution in [0.4, 0.5) is 0 Å². The molecule has 1 atom stereocenters. The second-order valence-corrected chi connectivity index (χ2v) is 4.02. The van der Waals surface area contributed by atoms with Crippen molar-refractivity contribution >= 4 is 0 Å². The first-order valence-corrected chi connectivity index (χ1v) is 5.02. The standard InChI is InChI=1S/C12H16O/c1-9(8-13)10-2-4-11(5-3-10)12-6-7-12/h2-5,9,12-13H,6-8H2,1H3. The van der Waals surface area contributed by atoms with Crippen molar-refractivity contribution in [2.45, 2.75) is 31.6 Å². The van der Waals surface area contributed by atoms with E-state index in [-0.39, 0.29) is 12.5 Å². The van der Waals surface area contributed by atoms with Crippen LogP contribution in [0, 0.1) is 0 Å². The molecular formula is C12H16O. The number of aliphatic hydroxyl groups excluding tert-OH is 1. The average molecular weight is 176 g/mol. The highest BCUT2D eigenvalue weighted by molar-refractivity contribution is 5.29. The van der Waals surface area contributed by atoms with Crippen molar-refractivity contribution in [3.05, 3.63) is 35.4 Å². The zero-order valence-electron chi connectivity index (χ0n) is 8.03. The molecular weight excluding hydrogens is 160 g/mol. The fourth-order valence-electron chi connectivity index (χ4n) is 1.62. The maximum absolute atomic E-state index is 8.98. The fraction of sp³-hybridized carbons (Fsp3) is 0.500. The molecule has 0 spiro atoms. The van der Waals surface area contributed by atoms with Crippen molar-refractivity contribution in [3.8, 4) is 0 Å². The van der Waals surface area contributed by atoms with Gasteiger partial charge in [-0.05, 0) is 29.9 Å². The van der Waals surface area contributed by atoms with Gasteiger partial charge in [0.1, 0.15) is 0 Å². The molecule has 1 unspecified atom stereocenters. The lowest BCUT2D eigenvalue weighted by Crippen LogP contribution is -1.98. The summed E-state index contributed by atoms with van der Waals surface area (Å²) in [7, 11) is 0. The molecule has 0 radical (unpaired) electrons. The molecule has 13 heavy (non-hydrogen) atoms. The number of hydrogen-bond acceptors (Lipinski definition) is 1. The lowest BCUT2D eigenvalue weighted by molar-refractivity contribution is 0.273. The first kappa shape index (κ1) is 8.76. The highest BCUT2D eigenvalue weighted by Gasteiger charge is 2.23. The molecule has 0 aliphatic heterocycles. The molecule has 0 bridgehead atoms. The molecule has 1 aliphatic carbocycles. The largest absolute Gasteiger partial charge is 0.396 e. The second kappa shape index (κ2) is 3.51. The van der Waals surface area contributed by atoms with Crippen molar-refractivity contribution in [2.24, 2.45) is 0 Å². The van der Waals surface area contributed by atoms with Gasteiger partial charge in [0.15, 0.2) is 0 Å². The van der Waals surface area contributed by atoms with Crippen LogP contribution in [0.1, 0.15) is 42.7 Å². The van der Waals surface area contributed by atoms with Gasteiger partial charge >= 0.3 is 0 Å². The Bertz CT molecular complexity index is 272. The van der Waals surface area contributed by atoms with E-state index in [1.54, 1.807) is 0 Å². The van der Waals surface area contributed by atoms with Gasteiger partial charge < -0.3 is 5.11 Å². The van der Waals surface area contributed by atoms with Gasteiger partial charge in [0.05, 0.1) is 0 Å². The minimum atomic E-state index is 0.239. The monoisotopic (exact) mass is 176 g/mol. The fourth-order valence-corrected chi connectivity index (χ4v) is 1.62. The summed E-state index contributed by atoms with van der Waals surface area (Å²) in [5.41, 5.74) is 2.71. The van der Waals surface area contributed by atoms with Gasteiger partial charge in [-0.25, -0.2) is 0 Å². The van der Waals surface area contributed by atoms with Gasteiger partial charge in [-0.2, -0.15) is 0 Å². The van der Waals surface area contributed by atoms with Crippen LogP contribution in [0.15, 0.2) is 24.3 Å². The van der Waals surface area contributed by atoms with E-state index in [0.717, 1.165) is 5.92 Å². The Labute approximate surface area is 79.4 Å². The van der Waals surface area contributed by atoms with E-state index in [1.807, 2.05) is 6.92 Å². The van der Waals surface area contributed by atoms with Gasteiger partial charge in [0.2, 0.25) is 0 Å². The van der Waals surface area contributed by atoms with E-state index < -0.39 is 0 Å². The molecule has 1 nitrogen and oxygen atoms in total. The molecule has 1 aromatic rings. The third-order valence-corrected chi connectivity index (χ3v) is 2.83. The minimum absolute atomic E-state index is 0.239. The van der Waals surface area contributed by atoms with Crippen molar-refractivity contribution in [3.63, 3.8) is 0 Å². The Kier molecular flexibility index (Phi) is 2.36. The maximum atomic E-state index is 8.98. The lowest BCUT2D eigenvalue weighted by atomic mass is 9.99. The minimum Gasteiger partial charge on any atom is -0.396 e. The van der Waals surface area contributed by atoms with Crippen LogP contribution < -0.4 is 0 Å². The van der Waals surface area contributed by atoms with E-state index in [4.69, 9.17) is 5.11 Å². The van der Waals surface area contributed by atoms with E-state index >= 15 is 0 Å². The van der Waals surface area contributed by atoms with Gasteiger partial charge in [-0.3, -0.25) is 0 Å². The van der Waals surface area contributed by atoms with Crippen LogP contribution in [0.25, 0.3) is 0 Å². The number of aliphatic hydroxyl groups is 1. The lowest BCUT2D eigenvalue weighted by Gasteiger charge is -2.08. The van der Waals surface area contributed by atoms with E-state index in [0.29, 0.717) is 0 Å². The third-order valence-electron chi connectivity index (χ3n) is 2.83. The summed E-state index contributed by atoms with van der Waals surface area (Å²) in [5.74, 6) is 1.10. The highest BCUT2D eigenvalue weighted by atomic mass is 16.3. The van der Waals surface area contributed by atoms with E-state index in [2.05, 4.69) is 24.3 Å². The van der Waals surface area contributed by atoms with Crippen LogP contribution in [-0.2, 0) is 0 Å². The molecule has 1 fully saturated rings. The van der Waals surface area contributed by atoms with Gasteiger partial charge in [-0.15, -0.1) is 0 Å². The number of rotatable bonds is 3. The average Bonchev–Trinajstić information content (AvgIpc) is 3.00. The summed E-state index contributed by atoms with van der Waals surface area (Å²) in [6.07, 6.45) is 2.71. The first-order valence-electron chi connectivity index (χ1n) is 5.02. The zero-order chi connectivity index (χ0) is 9.26. The topological polar surface area (TPSA) is 20.2 Å². The Morgan fingerprint density at radius 3 is 2.38 bits per heavy atom. The van der Waals surface area contributed by atoms with Crippen LogP contribution in [0.5, 0.6) is 0 Å². The van der Waals surface area contributed by atoms with Gasteiger partial charge in [0, 0.05) is 12.5 Å². The zero-order valence-corrected chi connectivity index (χ0v) is 8.03. The summed E-state index contributed by atoms with van der Waals surface area (Å²) >= 11 is 0. The van der Waals surface area contributed by atoms with Crippen LogP contribution in [0.2, 0.25) is 0 Å². The third kappa shape index (κ3) is 1.92. The predicted molar refractivity (Wildman–Crippen MR) is 53.9 cm³/mol. The van der Waals surface area contributed by atoms with Crippen molar-refractivity contribution in [1.29, 1.82) is 0 Å². The Morgan fingerprint density at radius 2 is 1.92 bits per heavy atom. The first-order chi connectivity index (χ1) is 6.31. The summed E-state index contributed by atoms with van der Waals surface area (Å²) in [4.78, 5) is 0. The number of hydrogen-bond donors (Lipinski definition) is 1. The Balaban J connectivity index is 2.12. The molecule has 1 saturated carbocycles. The molecule has 70 valence electrons. The Morgan fingerprint density at radius 1 is 1.31 bits per heavy atom. The van der Waals surface area contributed by atoms with Crippen LogP contribution >= 0.6 is 0 Å². The predicted octanol–water partition coefficient (Wildman–Crippen LogP) is 2.66. The normalized spacial score (nSPS) is 18.6. The quantitative estimate of drug-likeness (QED) is 0.750. The highest BCUT2D eigenvalue weighted by Crippen LogP contribution is 2.40.